The molecule has 6 nitrogen and oxygen atoms in total. The van der Waals surface area contributed by atoms with Crippen LogP contribution in [0.2, 0.25) is 0 Å². The standard InChI is InChI=1S/C27H26N2O4/c1-3-32-27(31)22-8-12-24(13-9-22)29-18-23(17-28)26(19-29)21-10-14-25(15-11-21)33-16-6-4-5-7-20(2)30/h5,7-15,18-19H,3-4,6,16H2,1-2H3/b7-5-. The van der Waals surface area contributed by atoms with E-state index in [1.807, 2.05) is 53.2 Å². The molecule has 1 aromatic heterocycles. The molecule has 3 aromatic rings. The Balaban J connectivity index is 1.68. The van der Waals surface area contributed by atoms with Crippen LogP contribution in [0.4, 0.5) is 0 Å². The summed E-state index contributed by atoms with van der Waals surface area (Å²) in [6, 6.07) is 16.9. The van der Waals surface area contributed by atoms with Gasteiger partial charge in [-0.3, -0.25) is 4.79 Å². The number of carbonyl (C=O) groups excluding carboxylic acids is 2. The first-order valence-electron chi connectivity index (χ1n) is 10.8. The Hall–Kier alpha value is -4.11. The van der Waals surface area contributed by atoms with Gasteiger partial charge in [-0.05, 0) is 74.7 Å². The smallest absolute Gasteiger partial charge is 0.338 e. The minimum atomic E-state index is -0.357. The fraction of sp³-hybridized carbons (Fsp3) is 0.222. The molecule has 0 atom stereocenters. The van der Waals surface area contributed by atoms with Gasteiger partial charge >= 0.3 is 5.97 Å². The maximum absolute atomic E-state index is 11.8. The summed E-state index contributed by atoms with van der Waals surface area (Å²) in [7, 11) is 0. The van der Waals surface area contributed by atoms with Crippen molar-refractivity contribution in [3.8, 4) is 28.6 Å². The van der Waals surface area contributed by atoms with E-state index in [4.69, 9.17) is 9.47 Å². The van der Waals surface area contributed by atoms with E-state index in [9.17, 15) is 14.9 Å². The van der Waals surface area contributed by atoms with E-state index in [0.717, 1.165) is 35.4 Å². The van der Waals surface area contributed by atoms with Crippen molar-refractivity contribution in [2.24, 2.45) is 0 Å². The topological polar surface area (TPSA) is 81.3 Å². The van der Waals surface area contributed by atoms with Crippen LogP contribution in [0.15, 0.2) is 73.1 Å². The van der Waals surface area contributed by atoms with Gasteiger partial charge in [-0.1, -0.05) is 18.2 Å². The molecule has 0 aliphatic heterocycles. The Bertz CT molecular complexity index is 1170. The van der Waals surface area contributed by atoms with Gasteiger partial charge in [0.15, 0.2) is 5.78 Å². The molecule has 3 rings (SSSR count). The van der Waals surface area contributed by atoms with Crippen molar-refractivity contribution in [3.05, 3.63) is 84.2 Å². The van der Waals surface area contributed by atoms with Gasteiger partial charge in [0, 0.05) is 23.6 Å². The number of nitriles is 1. The van der Waals surface area contributed by atoms with Gasteiger partial charge in [-0.2, -0.15) is 5.26 Å². The van der Waals surface area contributed by atoms with Crippen molar-refractivity contribution in [3.63, 3.8) is 0 Å². The third-order valence-corrected chi connectivity index (χ3v) is 4.93. The van der Waals surface area contributed by atoms with Crippen LogP contribution in [0.3, 0.4) is 0 Å². The average Bonchev–Trinajstić information content (AvgIpc) is 3.26. The van der Waals surface area contributed by atoms with Crippen LogP contribution < -0.4 is 4.74 Å². The zero-order chi connectivity index (χ0) is 23.6. The molecule has 0 bridgehead atoms. The van der Waals surface area contributed by atoms with Crippen LogP contribution in [0, 0.1) is 11.3 Å². The highest BCUT2D eigenvalue weighted by atomic mass is 16.5. The summed E-state index contributed by atoms with van der Waals surface area (Å²) in [4.78, 5) is 22.7. The van der Waals surface area contributed by atoms with Crippen LogP contribution in [-0.2, 0) is 9.53 Å². The molecule has 0 saturated carbocycles. The number of rotatable bonds is 10. The lowest BCUT2D eigenvalue weighted by Gasteiger charge is -2.07. The van der Waals surface area contributed by atoms with E-state index in [2.05, 4.69) is 6.07 Å². The summed E-state index contributed by atoms with van der Waals surface area (Å²) in [5, 5.41) is 9.62. The molecule has 0 saturated heterocycles. The van der Waals surface area contributed by atoms with Gasteiger partial charge in [0.1, 0.15) is 11.8 Å². The molecule has 0 amide bonds. The quantitative estimate of drug-likeness (QED) is 0.235. The fourth-order valence-corrected chi connectivity index (χ4v) is 3.28. The number of unbranched alkanes of at least 4 members (excludes halogenated alkanes) is 1. The van der Waals surface area contributed by atoms with E-state index in [0.29, 0.717) is 24.3 Å². The highest BCUT2D eigenvalue weighted by molar-refractivity contribution is 5.89. The minimum absolute atomic E-state index is 0.0470. The summed E-state index contributed by atoms with van der Waals surface area (Å²) < 4.78 is 12.6. The maximum atomic E-state index is 11.8. The lowest BCUT2D eigenvalue weighted by molar-refractivity contribution is -0.112. The molecular formula is C27H26N2O4. The molecule has 168 valence electrons. The Morgan fingerprint density at radius 3 is 2.42 bits per heavy atom. The molecule has 1 heterocycles. The monoisotopic (exact) mass is 442 g/mol. The van der Waals surface area contributed by atoms with Crippen LogP contribution >= 0.6 is 0 Å². The Morgan fingerprint density at radius 1 is 1.06 bits per heavy atom. The molecular weight excluding hydrogens is 416 g/mol. The number of carbonyl (C=O) groups is 2. The molecule has 0 aliphatic rings. The number of aromatic nitrogens is 1. The predicted octanol–water partition coefficient (Wildman–Crippen LogP) is 5.50. The number of allylic oxidation sites excluding steroid dienone is 2. The number of benzene rings is 2. The van der Waals surface area contributed by atoms with E-state index < -0.39 is 0 Å². The summed E-state index contributed by atoms with van der Waals surface area (Å²) in [6.45, 7) is 4.19. The summed E-state index contributed by atoms with van der Waals surface area (Å²) >= 11 is 0. The van der Waals surface area contributed by atoms with Gasteiger partial charge in [-0.25, -0.2) is 4.79 Å². The van der Waals surface area contributed by atoms with Crippen molar-refractivity contribution in [2.45, 2.75) is 26.7 Å². The second-order valence-electron chi connectivity index (χ2n) is 7.40. The molecule has 0 unspecified atom stereocenters. The first-order chi connectivity index (χ1) is 16.0. The predicted molar refractivity (Wildman–Crippen MR) is 126 cm³/mol. The lowest BCUT2D eigenvalue weighted by Crippen LogP contribution is -2.04. The number of esters is 1. The molecule has 6 heteroatoms. The second kappa shape index (κ2) is 11.5. The normalized spacial score (nSPS) is 10.7. The third-order valence-electron chi connectivity index (χ3n) is 4.93. The van der Waals surface area contributed by atoms with Crippen LogP contribution in [-0.4, -0.2) is 29.5 Å². The van der Waals surface area contributed by atoms with Crippen molar-refractivity contribution in [1.82, 2.24) is 4.57 Å². The third kappa shape index (κ3) is 6.44. The number of hydrogen-bond acceptors (Lipinski definition) is 5. The number of ether oxygens (including phenoxy) is 2. The Kier molecular flexibility index (Phi) is 8.20. The first kappa shape index (κ1) is 23.6. The molecule has 0 radical (unpaired) electrons. The summed E-state index contributed by atoms with van der Waals surface area (Å²) in [6.07, 6.45) is 8.71. The highest BCUT2D eigenvalue weighted by Crippen LogP contribution is 2.28. The fourth-order valence-electron chi connectivity index (χ4n) is 3.28. The van der Waals surface area contributed by atoms with Crippen molar-refractivity contribution in [2.75, 3.05) is 13.2 Å². The van der Waals surface area contributed by atoms with Crippen molar-refractivity contribution in [1.29, 1.82) is 5.26 Å². The second-order valence-corrected chi connectivity index (χ2v) is 7.40. The van der Waals surface area contributed by atoms with Crippen LogP contribution in [0.25, 0.3) is 16.8 Å². The Labute approximate surface area is 193 Å². The lowest BCUT2D eigenvalue weighted by atomic mass is 10.1. The van der Waals surface area contributed by atoms with E-state index in [-0.39, 0.29) is 11.8 Å². The van der Waals surface area contributed by atoms with Crippen LogP contribution in [0.1, 0.15) is 42.6 Å². The number of hydrogen-bond donors (Lipinski definition) is 0. The molecule has 0 spiro atoms. The number of nitrogens with zero attached hydrogens (tertiary/aromatic N) is 2. The molecule has 33 heavy (non-hydrogen) atoms. The van der Waals surface area contributed by atoms with Gasteiger partial charge in [-0.15, -0.1) is 0 Å². The zero-order valence-corrected chi connectivity index (χ0v) is 18.8. The van der Waals surface area contributed by atoms with Gasteiger partial charge in [0.2, 0.25) is 0 Å². The van der Waals surface area contributed by atoms with Crippen molar-refractivity contribution < 1.29 is 19.1 Å². The molecule has 0 aliphatic carbocycles. The van der Waals surface area contributed by atoms with E-state index in [1.165, 1.54) is 6.92 Å². The largest absolute Gasteiger partial charge is 0.494 e. The summed E-state index contributed by atoms with van der Waals surface area (Å²) in [5.74, 6) is 0.442. The molecule has 0 N–H and O–H groups in total. The van der Waals surface area contributed by atoms with Gasteiger partial charge in [0.05, 0.1) is 24.3 Å². The number of ketones is 1. The highest BCUT2D eigenvalue weighted by Gasteiger charge is 2.11. The van der Waals surface area contributed by atoms with E-state index >= 15 is 0 Å². The van der Waals surface area contributed by atoms with Gasteiger partial charge in [0.25, 0.3) is 0 Å². The first-order valence-corrected chi connectivity index (χ1v) is 10.8. The average molecular weight is 443 g/mol. The van der Waals surface area contributed by atoms with Crippen LogP contribution in [0.5, 0.6) is 5.75 Å². The maximum Gasteiger partial charge on any atom is 0.338 e. The molecule has 0 fully saturated rings. The van der Waals surface area contributed by atoms with Crippen molar-refractivity contribution >= 4 is 11.8 Å². The Morgan fingerprint density at radius 2 is 1.79 bits per heavy atom. The molecule has 2 aromatic carbocycles. The van der Waals surface area contributed by atoms with E-state index in [1.54, 1.807) is 31.3 Å². The SMILES string of the molecule is CCOC(=O)c1ccc(-n2cc(C#N)c(-c3ccc(OCCC/C=C\C(C)=O)cc3)c2)cc1. The zero-order valence-electron chi connectivity index (χ0n) is 18.8. The minimum Gasteiger partial charge on any atom is -0.494 e. The van der Waals surface area contributed by atoms with Gasteiger partial charge < -0.3 is 14.0 Å². The summed E-state index contributed by atoms with van der Waals surface area (Å²) in [5.41, 5.74) is 3.59.